The van der Waals surface area contributed by atoms with E-state index < -0.39 is 16.0 Å². The molecule has 0 amide bonds. The number of halogens is 1. The van der Waals surface area contributed by atoms with Crippen LogP contribution in [0.15, 0.2) is 59.8 Å². The van der Waals surface area contributed by atoms with Crippen LogP contribution in [0.25, 0.3) is 16.8 Å². The van der Waals surface area contributed by atoms with E-state index in [0.29, 0.717) is 17.7 Å². The van der Waals surface area contributed by atoms with E-state index >= 15 is 0 Å². The Morgan fingerprint density at radius 1 is 1.13 bits per heavy atom. The highest BCUT2D eigenvalue weighted by Crippen LogP contribution is 2.32. The van der Waals surface area contributed by atoms with Gasteiger partial charge in [-0.15, -0.1) is 0 Å². The summed E-state index contributed by atoms with van der Waals surface area (Å²) in [5.74, 6) is -0.361. The number of nitrogens with zero attached hydrogens (tertiary/aromatic N) is 1. The van der Waals surface area contributed by atoms with Gasteiger partial charge < -0.3 is 14.0 Å². The van der Waals surface area contributed by atoms with E-state index in [9.17, 15) is 17.6 Å². The number of benzene rings is 2. The van der Waals surface area contributed by atoms with E-state index in [1.165, 1.54) is 19.2 Å². The van der Waals surface area contributed by atoms with Crippen molar-refractivity contribution in [2.75, 3.05) is 20.0 Å². The van der Waals surface area contributed by atoms with Gasteiger partial charge in [0.05, 0.1) is 18.6 Å². The maximum absolute atomic E-state index is 13.4. The normalized spacial score (nSPS) is 11.3. The third kappa shape index (κ3) is 4.88. The molecule has 0 spiro atoms. The van der Waals surface area contributed by atoms with Gasteiger partial charge in [-0.05, 0) is 59.5 Å². The molecule has 0 bridgehead atoms. The van der Waals surface area contributed by atoms with Crippen LogP contribution in [-0.4, -0.2) is 39.1 Å². The van der Waals surface area contributed by atoms with Crippen molar-refractivity contribution in [1.29, 1.82) is 0 Å². The molecule has 0 radical (unpaired) electrons. The summed E-state index contributed by atoms with van der Waals surface area (Å²) in [5, 5.41) is 0. The number of sulfone groups is 1. The molecule has 6 nitrogen and oxygen atoms in total. The third-order valence-electron chi connectivity index (χ3n) is 4.75. The fourth-order valence-corrected chi connectivity index (χ4v) is 3.79. The summed E-state index contributed by atoms with van der Waals surface area (Å²) in [7, 11) is -2.22. The van der Waals surface area contributed by atoms with Crippen molar-refractivity contribution in [3.8, 4) is 16.8 Å². The first-order valence-corrected chi connectivity index (χ1v) is 11.1. The third-order valence-corrected chi connectivity index (χ3v) is 5.84. The van der Waals surface area contributed by atoms with Crippen molar-refractivity contribution in [3.05, 3.63) is 71.8 Å². The first kappa shape index (κ1) is 21.6. The Kier molecular flexibility index (Phi) is 6.26. The quantitative estimate of drug-likeness (QED) is 0.544. The SMILES string of the molecule is COC(=O)OCCc1ccn(-c2cc(S(C)(=O)=O)cc(-c3ccc(F)cc3)c2C)c1. The highest BCUT2D eigenvalue weighted by Gasteiger charge is 2.16. The summed E-state index contributed by atoms with van der Waals surface area (Å²) in [6.45, 7) is 2.06. The Morgan fingerprint density at radius 2 is 1.83 bits per heavy atom. The summed E-state index contributed by atoms with van der Waals surface area (Å²) in [4.78, 5) is 11.2. The fraction of sp³-hybridized carbons (Fsp3) is 0.227. The molecule has 1 aromatic heterocycles. The second-order valence-electron chi connectivity index (χ2n) is 6.87. The molecule has 0 saturated heterocycles. The largest absolute Gasteiger partial charge is 0.507 e. The van der Waals surface area contributed by atoms with Crippen LogP contribution in [0.3, 0.4) is 0 Å². The van der Waals surface area contributed by atoms with Gasteiger partial charge in [-0.3, -0.25) is 0 Å². The van der Waals surface area contributed by atoms with Gasteiger partial charge >= 0.3 is 6.16 Å². The van der Waals surface area contributed by atoms with Crippen molar-refractivity contribution >= 4 is 16.0 Å². The lowest BCUT2D eigenvalue weighted by Crippen LogP contribution is -2.07. The van der Waals surface area contributed by atoms with Crippen LogP contribution >= 0.6 is 0 Å². The molecule has 0 atom stereocenters. The molecule has 0 saturated carbocycles. The molecule has 3 aromatic rings. The van der Waals surface area contributed by atoms with Gasteiger partial charge in [0.1, 0.15) is 5.82 Å². The molecule has 0 aliphatic carbocycles. The highest BCUT2D eigenvalue weighted by atomic mass is 32.2. The second-order valence-corrected chi connectivity index (χ2v) is 8.89. The van der Waals surface area contributed by atoms with Crippen molar-refractivity contribution in [3.63, 3.8) is 0 Å². The van der Waals surface area contributed by atoms with Crippen LogP contribution in [-0.2, 0) is 25.7 Å². The maximum atomic E-state index is 13.4. The second kappa shape index (κ2) is 8.71. The van der Waals surface area contributed by atoms with E-state index in [-0.39, 0.29) is 17.3 Å². The summed E-state index contributed by atoms with van der Waals surface area (Å²) >= 11 is 0. The lowest BCUT2D eigenvalue weighted by molar-refractivity contribution is 0.0737. The Balaban J connectivity index is 2.01. The van der Waals surface area contributed by atoms with E-state index in [4.69, 9.17) is 4.74 Å². The minimum atomic E-state index is -3.47. The molecule has 8 heteroatoms. The number of carbonyl (C=O) groups excluding carboxylic acids is 1. The number of carbonyl (C=O) groups is 1. The molecule has 0 N–H and O–H groups in total. The van der Waals surface area contributed by atoms with Crippen LogP contribution < -0.4 is 0 Å². The van der Waals surface area contributed by atoms with Gasteiger partial charge in [0.15, 0.2) is 9.84 Å². The van der Waals surface area contributed by atoms with E-state index in [0.717, 1.165) is 22.9 Å². The minimum absolute atomic E-state index is 0.167. The molecule has 30 heavy (non-hydrogen) atoms. The van der Waals surface area contributed by atoms with Crippen molar-refractivity contribution < 1.29 is 27.1 Å². The predicted octanol–water partition coefficient (Wildman–Crippen LogP) is 4.32. The van der Waals surface area contributed by atoms with E-state index in [1.807, 2.05) is 30.0 Å². The van der Waals surface area contributed by atoms with Gasteiger partial charge in [0.2, 0.25) is 0 Å². The van der Waals surface area contributed by atoms with Crippen molar-refractivity contribution in [2.24, 2.45) is 0 Å². The molecule has 158 valence electrons. The van der Waals surface area contributed by atoms with E-state index in [1.54, 1.807) is 24.3 Å². The Bertz CT molecular complexity index is 1170. The van der Waals surface area contributed by atoms with Crippen LogP contribution in [0, 0.1) is 12.7 Å². The summed E-state index contributed by atoms with van der Waals surface area (Å²) < 4.78 is 49.1. The van der Waals surface area contributed by atoms with Crippen molar-refractivity contribution in [1.82, 2.24) is 4.57 Å². The number of hydrogen-bond donors (Lipinski definition) is 0. The van der Waals surface area contributed by atoms with Gasteiger partial charge in [-0.1, -0.05) is 12.1 Å². The zero-order valence-electron chi connectivity index (χ0n) is 16.9. The Labute approximate surface area is 174 Å². The van der Waals surface area contributed by atoms with Gasteiger partial charge in [0, 0.05) is 30.8 Å². The van der Waals surface area contributed by atoms with Gasteiger partial charge in [0.25, 0.3) is 0 Å². The van der Waals surface area contributed by atoms with Crippen LogP contribution in [0.4, 0.5) is 9.18 Å². The van der Waals surface area contributed by atoms with Crippen LogP contribution in [0.5, 0.6) is 0 Å². The number of ether oxygens (including phenoxy) is 2. The molecule has 0 aliphatic rings. The Hall–Kier alpha value is -3.13. The lowest BCUT2D eigenvalue weighted by atomic mass is 9.99. The topological polar surface area (TPSA) is 74.6 Å². The summed E-state index contributed by atoms with van der Waals surface area (Å²) in [5.41, 5.74) is 3.88. The summed E-state index contributed by atoms with van der Waals surface area (Å²) in [6.07, 6.45) is 4.56. The van der Waals surface area contributed by atoms with Gasteiger partial charge in [-0.25, -0.2) is 17.6 Å². The molecule has 0 aliphatic heterocycles. The highest BCUT2D eigenvalue weighted by molar-refractivity contribution is 7.90. The molecular formula is C22H22FNO5S. The minimum Gasteiger partial charge on any atom is -0.438 e. The number of rotatable bonds is 6. The average molecular weight is 431 g/mol. The zero-order chi connectivity index (χ0) is 21.9. The monoisotopic (exact) mass is 431 g/mol. The zero-order valence-corrected chi connectivity index (χ0v) is 17.7. The molecule has 0 unspecified atom stereocenters. The fourth-order valence-electron chi connectivity index (χ4n) is 3.13. The Morgan fingerprint density at radius 3 is 2.47 bits per heavy atom. The number of aromatic nitrogens is 1. The molecule has 3 rings (SSSR count). The van der Waals surface area contributed by atoms with Crippen molar-refractivity contribution in [2.45, 2.75) is 18.2 Å². The average Bonchev–Trinajstić information content (AvgIpc) is 3.16. The molecule has 2 aromatic carbocycles. The smallest absolute Gasteiger partial charge is 0.438 e. The predicted molar refractivity (Wildman–Crippen MR) is 111 cm³/mol. The summed E-state index contributed by atoms with van der Waals surface area (Å²) in [6, 6.07) is 11.0. The maximum Gasteiger partial charge on any atom is 0.507 e. The first-order chi connectivity index (χ1) is 14.2. The molecular weight excluding hydrogens is 409 g/mol. The first-order valence-electron chi connectivity index (χ1n) is 9.17. The van der Waals surface area contributed by atoms with E-state index in [2.05, 4.69) is 4.74 Å². The van der Waals surface area contributed by atoms with Crippen LogP contribution in [0.1, 0.15) is 11.1 Å². The lowest BCUT2D eigenvalue weighted by Gasteiger charge is -2.15. The van der Waals surface area contributed by atoms with Crippen LogP contribution in [0.2, 0.25) is 0 Å². The number of methoxy groups -OCH3 is 1. The van der Waals surface area contributed by atoms with Gasteiger partial charge in [-0.2, -0.15) is 0 Å². The number of hydrogen-bond acceptors (Lipinski definition) is 5. The molecule has 1 heterocycles. The molecule has 0 fully saturated rings. The standard InChI is InChI=1S/C22H22FNO5S/c1-15-20(17-4-6-18(23)7-5-17)12-19(30(3,26)27)13-21(15)24-10-8-16(14-24)9-11-29-22(25)28-2/h4-8,10,12-14H,9,11H2,1-3H3.